The van der Waals surface area contributed by atoms with E-state index >= 15 is 0 Å². The zero-order chi connectivity index (χ0) is 14.4. The van der Waals surface area contributed by atoms with E-state index in [9.17, 15) is 9.90 Å². The molecule has 0 saturated carbocycles. The van der Waals surface area contributed by atoms with Crippen LogP contribution in [0.3, 0.4) is 0 Å². The average Bonchev–Trinajstić information content (AvgIpc) is 2.45. The van der Waals surface area contributed by atoms with Crippen molar-refractivity contribution in [2.75, 3.05) is 6.61 Å². The van der Waals surface area contributed by atoms with Gasteiger partial charge in [0.2, 0.25) is 0 Å². The van der Waals surface area contributed by atoms with Crippen LogP contribution in [0.5, 0.6) is 11.5 Å². The quantitative estimate of drug-likeness (QED) is 0.874. The van der Waals surface area contributed by atoms with Gasteiger partial charge < -0.3 is 15.2 Å². The molecule has 0 fully saturated rings. The van der Waals surface area contributed by atoms with E-state index in [-0.39, 0.29) is 11.7 Å². The first-order valence-electron chi connectivity index (χ1n) is 6.33. The summed E-state index contributed by atoms with van der Waals surface area (Å²) in [5.41, 5.74) is 1.27. The van der Waals surface area contributed by atoms with Gasteiger partial charge >= 0.3 is 0 Å². The molecule has 0 unspecified atom stereocenters. The van der Waals surface area contributed by atoms with E-state index in [4.69, 9.17) is 4.74 Å². The molecule has 20 heavy (non-hydrogen) atoms. The fourth-order valence-corrected chi connectivity index (χ4v) is 1.75. The van der Waals surface area contributed by atoms with Gasteiger partial charge in [0.25, 0.3) is 5.91 Å². The van der Waals surface area contributed by atoms with Crippen LogP contribution in [0, 0.1) is 0 Å². The second kappa shape index (κ2) is 6.56. The average molecular weight is 272 g/mol. The van der Waals surface area contributed by atoms with E-state index in [1.165, 1.54) is 18.5 Å². The molecular formula is C15H16N2O3. The summed E-state index contributed by atoms with van der Waals surface area (Å²) >= 11 is 0. The highest BCUT2D eigenvalue weighted by Gasteiger charge is 2.06. The lowest BCUT2D eigenvalue weighted by Crippen LogP contribution is -2.22. The van der Waals surface area contributed by atoms with Crippen LogP contribution in [0.1, 0.15) is 22.8 Å². The molecule has 5 nitrogen and oxygen atoms in total. The van der Waals surface area contributed by atoms with Gasteiger partial charge in [0.1, 0.15) is 11.5 Å². The lowest BCUT2D eigenvalue weighted by molar-refractivity contribution is 0.0950. The molecule has 0 saturated heterocycles. The highest BCUT2D eigenvalue weighted by molar-refractivity contribution is 5.94. The first-order chi connectivity index (χ1) is 9.69. The number of nitrogens with one attached hydrogen (secondary N) is 1. The summed E-state index contributed by atoms with van der Waals surface area (Å²) < 4.78 is 5.40. The maximum atomic E-state index is 11.9. The number of aromatic nitrogens is 1. The number of carbonyl (C=O) groups is 1. The summed E-state index contributed by atoms with van der Waals surface area (Å²) in [6.07, 6.45) is 2.69. The Kier molecular flexibility index (Phi) is 4.55. The summed E-state index contributed by atoms with van der Waals surface area (Å²) in [5, 5.41) is 12.0. The molecule has 1 aromatic carbocycles. The number of benzene rings is 1. The van der Waals surface area contributed by atoms with Crippen molar-refractivity contribution in [3.8, 4) is 11.5 Å². The molecule has 0 bridgehead atoms. The standard InChI is InChI=1S/C15H16N2O3/c1-2-20-14-5-3-4-11(6-14)8-17-15(19)12-7-13(18)10-16-9-12/h3-7,9-10,18H,2,8H2,1H3,(H,17,19). The van der Waals surface area contributed by atoms with E-state index in [0.29, 0.717) is 18.7 Å². The number of rotatable bonds is 5. The lowest BCUT2D eigenvalue weighted by Gasteiger charge is -2.08. The van der Waals surface area contributed by atoms with Crippen molar-refractivity contribution < 1.29 is 14.6 Å². The van der Waals surface area contributed by atoms with Crippen LogP contribution in [0.4, 0.5) is 0 Å². The second-order valence-electron chi connectivity index (χ2n) is 4.19. The number of nitrogens with zero attached hydrogens (tertiary/aromatic N) is 1. The summed E-state index contributed by atoms with van der Waals surface area (Å²) in [5.74, 6) is 0.462. The Morgan fingerprint density at radius 2 is 2.20 bits per heavy atom. The van der Waals surface area contributed by atoms with Crippen LogP contribution in [0.2, 0.25) is 0 Å². The number of ether oxygens (including phenoxy) is 1. The van der Waals surface area contributed by atoms with Gasteiger partial charge in [-0.2, -0.15) is 0 Å². The smallest absolute Gasteiger partial charge is 0.253 e. The van der Waals surface area contributed by atoms with Gasteiger partial charge in [-0.3, -0.25) is 9.78 Å². The Bertz CT molecular complexity index is 599. The highest BCUT2D eigenvalue weighted by Crippen LogP contribution is 2.13. The zero-order valence-corrected chi connectivity index (χ0v) is 11.2. The summed E-state index contributed by atoms with van der Waals surface area (Å²) in [6.45, 7) is 2.91. The van der Waals surface area contributed by atoms with Gasteiger partial charge in [-0.15, -0.1) is 0 Å². The van der Waals surface area contributed by atoms with Gasteiger partial charge in [-0.05, 0) is 30.7 Å². The SMILES string of the molecule is CCOc1cccc(CNC(=O)c2cncc(O)c2)c1. The third-order valence-electron chi connectivity index (χ3n) is 2.65. The van der Waals surface area contributed by atoms with Crippen LogP contribution in [-0.4, -0.2) is 22.6 Å². The Labute approximate surface area is 117 Å². The van der Waals surface area contributed by atoms with Crippen molar-refractivity contribution >= 4 is 5.91 Å². The second-order valence-corrected chi connectivity index (χ2v) is 4.19. The first kappa shape index (κ1) is 13.9. The maximum Gasteiger partial charge on any atom is 0.253 e. The molecule has 2 N–H and O–H groups in total. The van der Waals surface area contributed by atoms with Crippen molar-refractivity contribution in [2.45, 2.75) is 13.5 Å². The number of aromatic hydroxyl groups is 1. The molecule has 2 aromatic rings. The third kappa shape index (κ3) is 3.71. The van der Waals surface area contributed by atoms with Crippen LogP contribution >= 0.6 is 0 Å². The minimum atomic E-state index is -0.282. The van der Waals surface area contributed by atoms with E-state index in [1.54, 1.807) is 0 Å². The first-order valence-corrected chi connectivity index (χ1v) is 6.33. The number of pyridine rings is 1. The molecule has 0 aliphatic carbocycles. The fraction of sp³-hybridized carbons (Fsp3) is 0.200. The molecule has 0 aliphatic heterocycles. The Balaban J connectivity index is 1.98. The molecule has 1 amide bonds. The van der Waals surface area contributed by atoms with Crippen LogP contribution in [0.15, 0.2) is 42.7 Å². The summed E-state index contributed by atoms with van der Waals surface area (Å²) in [7, 11) is 0. The largest absolute Gasteiger partial charge is 0.506 e. The molecule has 0 spiro atoms. The Hall–Kier alpha value is -2.56. The molecule has 2 rings (SSSR count). The van der Waals surface area contributed by atoms with Gasteiger partial charge in [0.05, 0.1) is 18.4 Å². The molecule has 0 aliphatic rings. The number of hydrogen-bond donors (Lipinski definition) is 2. The maximum absolute atomic E-state index is 11.9. The molecule has 0 radical (unpaired) electrons. The third-order valence-corrected chi connectivity index (χ3v) is 2.65. The molecule has 1 aromatic heterocycles. The van der Waals surface area contributed by atoms with Crippen molar-refractivity contribution in [1.82, 2.24) is 10.3 Å². The van der Waals surface area contributed by atoms with E-state index in [1.807, 2.05) is 31.2 Å². The van der Waals surface area contributed by atoms with E-state index < -0.39 is 0 Å². The highest BCUT2D eigenvalue weighted by atomic mass is 16.5. The van der Waals surface area contributed by atoms with Gasteiger partial charge in [0.15, 0.2) is 0 Å². The topological polar surface area (TPSA) is 71.5 Å². The summed E-state index contributed by atoms with van der Waals surface area (Å²) in [6, 6.07) is 8.91. The van der Waals surface area contributed by atoms with Gasteiger partial charge in [0, 0.05) is 12.7 Å². The molecule has 5 heteroatoms. The van der Waals surface area contributed by atoms with E-state index in [2.05, 4.69) is 10.3 Å². The fourth-order valence-electron chi connectivity index (χ4n) is 1.75. The Morgan fingerprint density at radius 1 is 1.35 bits per heavy atom. The molecular weight excluding hydrogens is 256 g/mol. The normalized spacial score (nSPS) is 10.1. The van der Waals surface area contributed by atoms with Crippen molar-refractivity contribution in [3.63, 3.8) is 0 Å². The van der Waals surface area contributed by atoms with Crippen LogP contribution < -0.4 is 10.1 Å². The van der Waals surface area contributed by atoms with Crippen molar-refractivity contribution in [3.05, 3.63) is 53.9 Å². The molecule has 1 heterocycles. The monoisotopic (exact) mass is 272 g/mol. The lowest BCUT2D eigenvalue weighted by atomic mass is 10.2. The number of carbonyl (C=O) groups excluding carboxylic acids is 1. The summed E-state index contributed by atoms with van der Waals surface area (Å²) in [4.78, 5) is 15.7. The zero-order valence-electron chi connectivity index (χ0n) is 11.2. The van der Waals surface area contributed by atoms with Gasteiger partial charge in [-0.25, -0.2) is 0 Å². The minimum Gasteiger partial charge on any atom is -0.506 e. The molecule has 104 valence electrons. The molecule has 0 atom stereocenters. The number of hydrogen-bond acceptors (Lipinski definition) is 4. The predicted octanol–water partition coefficient (Wildman–Crippen LogP) is 2.12. The van der Waals surface area contributed by atoms with Crippen molar-refractivity contribution in [1.29, 1.82) is 0 Å². The van der Waals surface area contributed by atoms with Crippen molar-refractivity contribution in [2.24, 2.45) is 0 Å². The number of amides is 1. The van der Waals surface area contributed by atoms with Crippen LogP contribution in [-0.2, 0) is 6.54 Å². The van der Waals surface area contributed by atoms with Gasteiger partial charge in [-0.1, -0.05) is 12.1 Å². The predicted molar refractivity (Wildman–Crippen MR) is 74.7 cm³/mol. The van der Waals surface area contributed by atoms with Crippen LogP contribution in [0.25, 0.3) is 0 Å². The minimum absolute atomic E-state index is 0.0315. The van der Waals surface area contributed by atoms with E-state index in [0.717, 1.165) is 11.3 Å². The Morgan fingerprint density at radius 3 is 2.95 bits per heavy atom.